The first-order valence-electron chi connectivity index (χ1n) is 4.99. The topological polar surface area (TPSA) is 138 Å². The molecule has 100 valence electrons. The average Bonchev–Trinajstić information content (AvgIpc) is 2.53. The predicted octanol–water partition coefficient (Wildman–Crippen LogP) is -1.66. The number of carbonyl (C=O) groups is 4. The van der Waals surface area contributed by atoms with Crippen LogP contribution in [0.4, 0.5) is 0 Å². The Kier molecular flexibility index (Phi) is 4.68. The molecule has 2 amide bonds. The number of carboxylic acid groups (broad SMARTS) is 2. The van der Waals surface area contributed by atoms with Crippen LogP contribution in [0.1, 0.15) is 6.42 Å². The minimum Gasteiger partial charge on any atom is -0.480 e. The van der Waals surface area contributed by atoms with Gasteiger partial charge in [-0.3, -0.25) is 24.1 Å². The highest BCUT2D eigenvalue weighted by Gasteiger charge is 2.40. The number of rotatable bonds is 6. The maximum absolute atomic E-state index is 11.7. The van der Waals surface area contributed by atoms with Crippen molar-refractivity contribution in [3.63, 3.8) is 0 Å². The standard InChI is InChI=1S/C9H12N2O6S/c10-4(9(16)17)3-18-5-1-6(12)11(8(5)15)2-7(13)14/h4-5H,1-3,10H2,(H,13,14)(H,16,17). The molecule has 2 unspecified atom stereocenters. The number of likely N-dealkylation sites (tertiary alicyclic amines) is 1. The smallest absolute Gasteiger partial charge is 0.323 e. The van der Waals surface area contributed by atoms with Crippen molar-refractivity contribution in [1.82, 2.24) is 4.90 Å². The number of imide groups is 1. The molecule has 9 heteroatoms. The lowest BCUT2D eigenvalue weighted by molar-refractivity contribution is -0.148. The molecule has 1 heterocycles. The fraction of sp³-hybridized carbons (Fsp3) is 0.556. The van der Waals surface area contributed by atoms with E-state index in [2.05, 4.69) is 0 Å². The molecule has 1 fully saturated rings. The summed E-state index contributed by atoms with van der Waals surface area (Å²) in [7, 11) is 0. The maximum Gasteiger partial charge on any atom is 0.323 e. The summed E-state index contributed by atoms with van der Waals surface area (Å²) >= 11 is 0.952. The van der Waals surface area contributed by atoms with Gasteiger partial charge in [-0.25, -0.2) is 0 Å². The summed E-state index contributed by atoms with van der Waals surface area (Å²) in [6.45, 7) is -0.667. The van der Waals surface area contributed by atoms with Gasteiger partial charge in [0, 0.05) is 12.2 Å². The Bertz CT molecular complexity index is 399. The lowest BCUT2D eigenvalue weighted by atomic mass is 10.3. The van der Waals surface area contributed by atoms with Crippen molar-refractivity contribution in [2.24, 2.45) is 5.73 Å². The normalized spacial score (nSPS) is 21.2. The van der Waals surface area contributed by atoms with Gasteiger partial charge in [-0.15, -0.1) is 11.8 Å². The molecule has 2 atom stereocenters. The molecule has 0 aromatic heterocycles. The second-order valence-electron chi connectivity index (χ2n) is 3.68. The van der Waals surface area contributed by atoms with Crippen LogP contribution >= 0.6 is 11.8 Å². The van der Waals surface area contributed by atoms with Crippen molar-refractivity contribution >= 4 is 35.5 Å². The SMILES string of the molecule is NC(CSC1CC(=O)N(CC(=O)O)C1=O)C(=O)O. The third-order valence-corrected chi connectivity index (χ3v) is 3.61. The summed E-state index contributed by atoms with van der Waals surface area (Å²) in [4.78, 5) is 44.7. The first kappa shape index (κ1) is 14.5. The summed E-state index contributed by atoms with van der Waals surface area (Å²) in [5.74, 6) is -3.65. The number of thioether (sulfide) groups is 1. The molecule has 1 aliphatic rings. The van der Waals surface area contributed by atoms with Crippen molar-refractivity contribution in [3.05, 3.63) is 0 Å². The minimum absolute atomic E-state index is 0.0140. The van der Waals surface area contributed by atoms with Crippen molar-refractivity contribution in [2.45, 2.75) is 17.7 Å². The monoisotopic (exact) mass is 276 g/mol. The van der Waals surface area contributed by atoms with Crippen LogP contribution in [0.25, 0.3) is 0 Å². The Balaban J connectivity index is 2.55. The van der Waals surface area contributed by atoms with E-state index in [1.807, 2.05) is 0 Å². The molecule has 0 aromatic carbocycles. The van der Waals surface area contributed by atoms with E-state index >= 15 is 0 Å². The molecule has 0 spiro atoms. The summed E-state index contributed by atoms with van der Waals surface area (Å²) in [5, 5.41) is 16.4. The van der Waals surface area contributed by atoms with Crippen molar-refractivity contribution < 1.29 is 29.4 Å². The fourth-order valence-electron chi connectivity index (χ4n) is 1.38. The van der Waals surface area contributed by atoms with Gasteiger partial charge in [0.1, 0.15) is 12.6 Å². The van der Waals surface area contributed by atoms with Gasteiger partial charge in [-0.1, -0.05) is 0 Å². The molecule has 0 bridgehead atoms. The number of nitrogens with zero attached hydrogens (tertiary/aromatic N) is 1. The van der Waals surface area contributed by atoms with E-state index in [1.54, 1.807) is 0 Å². The fourth-order valence-corrected chi connectivity index (χ4v) is 2.49. The number of aliphatic carboxylic acids is 2. The first-order chi connectivity index (χ1) is 8.32. The molecular weight excluding hydrogens is 264 g/mol. The molecule has 0 saturated carbocycles. The van der Waals surface area contributed by atoms with Gasteiger partial charge in [-0.2, -0.15) is 0 Å². The van der Waals surface area contributed by atoms with E-state index in [4.69, 9.17) is 15.9 Å². The summed E-state index contributed by atoms with van der Waals surface area (Å²) < 4.78 is 0. The second-order valence-corrected chi connectivity index (χ2v) is 4.92. The Morgan fingerprint density at radius 3 is 2.56 bits per heavy atom. The van der Waals surface area contributed by atoms with Gasteiger partial charge in [-0.05, 0) is 0 Å². The Morgan fingerprint density at radius 1 is 1.44 bits per heavy atom. The summed E-state index contributed by atoms with van der Waals surface area (Å²) in [6, 6.07) is -1.12. The van der Waals surface area contributed by atoms with Crippen LogP contribution in [0, 0.1) is 0 Å². The lowest BCUT2D eigenvalue weighted by Gasteiger charge is -2.12. The molecule has 0 aromatic rings. The largest absolute Gasteiger partial charge is 0.480 e. The van der Waals surface area contributed by atoms with E-state index in [0.29, 0.717) is 4.90 Å². The van der Waals surface area contributed by atoms with Crippen LogP contribution in [0.15, 0.2) is 0 Å². The van der Waals surface area contributed by atoms with Gasteiger partial charge < -0.3 is 15.9 Å². The van der Waals surface area contributed by atoms with Crippen LogP contribution in [-0.2, 0) is 19.2 Å². The van der Waals surface area contributed by atoms with Gasteiger partial charge in [0.2, 0.25) is 11.8 Å². The van der Waals surface area contributed by atoms with Gasteiger partial charge >= 0.3 is 11.9 Å². The molecule has 0 aliphatic carbocycles. The van der Waals surface area contributed by atoms with Crippen molar-refractivity contribution in [2.75, 3.05) is 12.3 Å². The second kappa shape index (κ2) is 5.83. The highest BCUT2D eigenvalue weighted by molar-refractivity contribution is 8.00. The van der Waals surface area contributed by atoms with E-state index in [0.717, 1.165) is 11.8 Å². The molecule has 8 nitrogen and oxygen atoms in total. The first-order valence-corrected chi connectivity index (χ1v) is 6.03. The zero-order valence-corrected chi connectivity index (χ0v) is 10.1. The summed E-state index contributed by atoms with van der Waals surface area (Å²) in [5.41, 5.74) is 5.27. The Morgan fingerprint density at radius 2 is 2.06 bits per heavy atom. The quantitative estimate of drug-likeness (QED) is 0.490. The van der Waals surface area contributed by atoms with Gasteiger partial charge in [0.15, 0.2) is 0 Å². The van der Waals surface area contributed by atoms with Crippen LogP contribution in [0.3, 0.4) is 0 Å². The number of nitrogens with two attached hydrogens (primary N) is 1. The molecule has 18 heavy (non-hydrogen) atoms. The third kappa shape index (κ3) is 3.44. The van der Waals surface area contributed by atoms with Crippen molar-refractivity contribution in [3.8, 4) is 0 Å². The highest BCUT2D eigenvalue weighted by Crippen LogP contribution is 2.25. The number of carbonyl (C=O) groups excluding carboxylic acids is 2. The summed E-state index contributed by atoms with van der Waals surface area (Å²) in [6.07, 6.45) is -0.122. The van der Waals surface area contributed by atoms with Gasteiger partial charge in [0.25, 0.3) is 0 Å². The number of amides is 2. The van der Waals surface area contributed by atoms with Crippen LogP contribution in [0.5, 0.6) is 0 Å². The number of carboxylic acids is 2. The molecule has 1 rings (SSSR count). The zero-order chi connectivity index (χ0) is 13.9. The average molecular weight is 276 g/mol. The van der Waals surface area contributed by atoms with E-state index in [-0.39, 0.29) is 12.2 Å². The van der Waals surface area contributed by atoms with E-state index < -0.39 is 41.6 Å². The third-order valence-electron chi connectivity index (χ3n) is 2.29. The van der Waals surface area contributed by atoms with Crippen molar-refractivity contribution in [1.29, 1.82) is 0 Å². The zero-order valence-electron chi connectivity index (χ0n) is 9.24. The predicted molar refractivity (Wildman–Crippen MR) is 60.8 cm³/mol. The lowest BCUT2D eigenvalue weighted by Crippen LogP contribution is -2.37. The molecule has 1 saturated heterocycles. The van der Waals surface area contributed by atoms with E-state index in [9.17, 15) is 19.2 Å². The minimum atomic E-state index is -1.27. The molecule has 0 radical (unpaired) electrons. The molecular formula is C9H12N2O6S. The number of hydrogen-bond donors (Lipinski definition) is 3. The highest BCUT2D eigenvalue weighted by atomic mass is 32.2. The van der Waals surface area contributed by atoms with Gasteiger partial charge in [0.05, 0.1) is 5.25 Å². The van der Waals surface area contributed by atoms with Crippen LogP contribution in [0.2, 0.25) is 0 Å². The maximum atomic E-state index is 11.7. The van der Waals surface area contributed by atoms with E-state index in [1.165, 1.54) is 0 Å². The number of hydrogen-bond acceptors (Lipinski definition) is 6. The Hall–Kier alpha value is -1.61. The van der Waals surface area contributed by atoms with Crippen LogP contribution < -0.4 is 5.73 Å². The molecule has 1 aliphatic heterocycles. The Labute approximate surface area is 106 Å². The van der Waals surface area contributed by atoms with Crippen LogP contribution in [-0.4, -0.2) is 62.5 Å². The molecule has 4 N–H and O–H groups in total.